The molecule has 0 spiro atoms. The van der Waals surface area contributed by atoms with Gasteiger partial charge in [-0.2, -0.15) is 0 Å². The standard InChI is InChI=1S/C36H60N5O6P/c1-3-4-5-6-7-8-9-10-11-12-13-14-15-17-20-31(2)44-23-24-46-48(43,47-27-32-21-18-16-19-22-32)30-45-33(26-42)25-41-29-40-34-35(37)38-28-39-36(34)41/h16,18-19,21-22,28-29,31,33,42H,3-15,17,20,23-27,30H2,1-2H3,(H2,37,38,39)/t31?,33-,48+/m1/s1. The van der Waals surface area contributed by atoms with Crippen LogP contribution in [0.3, 0.4) is 0 Å². The van der Waals surface area contributed by atoms with Gasteiger partial charge in [-0.3, -0.25) is 4.57 Å². The van der Waals surface area contributed by atoms with E-state index in [-0.39, 0.29) is 44.6 Å². The first-order chi connectivity index (χ1) is 23.4. The van der Waals surface area contributed by atoms with Crippen LogP contribution in [0.2, 0.25) is 0 Å². The van der Waals surface area contributed by atoms with E-state index in [9.17, 15) is 9.67 Å². The number of rotatable bonds is 29. The van der Waals surface area contributed by atoms with Crippen LogP contribution in [0.15, 0.2) is 43.0 Å². The molecule has 3 rings (SSSR count). The van der Waals surface area contributed by atoms with Crippen LogP contribution in [0.1, 0.15) is 116 Å². The second-order valence-electron chi connectivity index (χ2n) is 12.7. The second kappa shape index (κ2) is 23.9. The van der Waals surface area contributed by atoms with Crippen molar-refractivity contribution in [1.82, 2.24) is 19.5 Å². The van der Waals surface area contributed by atoms with E-state index in [1.54, 1.807) is 10.9 Å². The number of aromatic nitrogens is 4. The summed E-state index contributed by atoms with van der Waals surface area (Å²) < 4.78 is 38.9. The molecule has 0 radical (unpaired) electrons. The summed E-state index contributed by atoms with van der Waals surface area (Å²) in [7, 11) is -3.69. The maximum atomic E-state index is 13.8. The summed E-state index contributed by atoms with van der Waals surface area (Å²) in [4.78, 5) is 12.4. The summed E-state index contributed by atoms with van der Waals surface area (Å²) >= 11 is 0. The minimum atomic E-state index is -3.69. The van der Waals surface area contributed by atoms with Crippen molar-refractivity contribution in [1.29, 1.82) is 0 Å². The molecule has 0 saturated heterocycles. The lowest BCUT2D eigenvalue weighted by Gasteiger charge is -2.22. The van der Waals surface area contributed by atoms with E-state index in [0.29, 0.717) is 17.8 Å². The van der Waals surface area contributed by atoms with Gasteiger partial charge in [0.1, 0.15) is 18.2 Å². The number of aliphatic hydroxyl groups is 1. The monoisotopic (exact) mass is 689 g/mol. The molecule has 0 fully saturated rings. The van der Waals surface area contributed by atoms with Gasteiger partial charge in [-0.05, 0) is 18.9 Å². The van der Waals surface area contributed by atoms with E-state index in [2.05, 4.69) is 28.8 Å². The van der Waals surface area contributed by atoms with Crippen LogP contribution in [-0.2, 0) is 36.2 Å². The summed E-state index contributed by atoms with van der Waals surface area (Å²) in [5.74, 6) is 0.267. The lowest BCUT2D eigenvalue weighted by molar-refractivity contribution is 0.00755. The van der Waals surface area contributed by atoms with Crippen LogP contribution < -0.4 is 5.73 Å². The third-order valence-electron chi connectivity index (χ3n) is 8.51. The lowest BCUT2D eigenvalue weighted by atomic mass is 10.0. The number of fused-ring (bicyclic) bond motifs is 1. The molecule has 0 aliphatic rings. The Hall–Kier alpha value is -2.40. The van der Waals surface area contributed by atoms with Crippen molar-refractivity contribution < 1.29 is 28.2 Å². The highest BCUT2D eigenvalue weighted by Crippen LogP contribution is 2.49. The fourth-order valence-corrected chi connectivity index (χ4v) is 6.92. The fraction of sp³-hybridized carbons (Fsp3) is 0.694. The fourth-order valence-electron chi connectivity index (χ4n) is 5.61. The van der Waals surface area contributed by atoms with Gasteiger partial charge in [0.2, 0.25) is 0 Å². The Morgan fingerprint density at radius 3 is 2.12 bits per heavy atom. The van der Waals surface area contributed by atoms with E-state index >= 15 is 0 Å². The van der Waals surface area contributed by atoms with E-state index in [1.807, 2.05) is 30.3 Å². The zero-order valence-corrected chi connectivity index (χ0v) is 30.2. The average Bonchev–Trinajstić information content (AvgIpc) is 3.52. The van der Waals surface area contributed by atoms with Gasteiger partial charge in [0, 0.05) is 0 Å². The number of nitrogens with zero attached hydrogens (tertiary/aromatic N) is 4. The Kier molecular flexibility index (Phi) is 19.9. The van der Waals surface area contributed by atoms with Gasteiger partial charge < -0.3 is 33.9 Å². The number of hydrogen-bond acceptors (Lipinski definition) is 10. The van der Waals surface area contributed by atoms with Crippen LogP contribution in [0.5, 0.6) is 0 Å². The van der Waals surface area contributed by atoms with E-state index in [4.69, 9.17) is 24.3 Å². The summed E-state index contributed by atoms with van der Waals surface area (Å²) in [5, 5.41) is 10.0. The minimum Gasteiger partial charge on any atom is -0.394 e. The van der Waals surface area contributed by atoms with Gasteiger partial charge in [-0.25, -0.2) is 15.0 Å². The maximum Gasteiger partial charge on any atom is 0.356 e. The van der Waals surface area contributed by atoms with Gasteiger partial charge in [0.05, 0.1) is 51.5 Å². The summed E-state index contributed by atoms with van der Waals surface area (Å²) in [5.41, 5.74) is 7.74. The molecule has 0 aliphatic carbocycles. The number of anilines is 1. The Morgan fingerprint density at radius 1 is 0.833 bits per heavy atom. The zero-order valence-electron chi connectivity index (χ0n) is 29.3. The number of hydrogen-bond donors (Lipinski definition) is 2. The molecule has 3 N–H and O–H groups in total. The van der Waals surface area contributed by atoms with Crippen molar-refractivity contribution >= 4 is 24.6 Å². The maximum absolute atomic E-state index is 13.8. The largest absolute Gasteiger partial charge is 0.394 e. The first-order valence-electron chi connectivity index (χ1n) is 18.1. The van der Waals surface area contributed by atoms with Gasteiger partial charge in [0.25, 0.3) is 0 Å². The molecule has 0 saturated carbocycles. The Bertz CT molecular complexity index is 1300. The van der Waals surface area contributed by atoms with Gasteiger partial charge in [-0.1, -0.05) is 127 Å². The molecule has 0 bridgehead atoms. The average molecular weight is 690 g/mol. The Morgan fingerprint density at radius 2 is 1.48 bits per heavy atom. The van der Waals surface area contributed by atoms with Crippen molar-refractivity contribution in [3.8, 4) is 0 Å². The molecule has 270 valence electrons. The molecule has 0 aliphatic heterocycles. The van der Waals surface area contributed by atoms with Crippen LogP contribution in [0.4, 0.5) is 5.82 Å². The number of nitrogens with two attached hydrogens (primary N) is 1. The number of imidazole rings is 1. The molecular formula is C36H60N5O6P. The molecule has 1 aromatic carbocycles. The van der Waals surface area contributed by atoms with E-state index < -0.39 is 13.7 Å². The van der Waals surface area contributed by atoms with Crippen molar-refractivity contribution in [3.63, 3.8) is 0 Å². The number of benzene rings is 1. The Labute approximate surface area is 287 Å². The van der Waals surface area contributed by atoms with Crippen molar-refractivity contribution in [2.45, 2.75) is 136 Å². The molecule has 2 aromatic heterocycles. The van der Waals surface area contributed by atoms with Crippen LogP contribution in [-0.4, -0.2) is 63.0 Å². The zero-order chi connectivity index (χ0) is 34.3. The van der Waals surface area contributed by atoms with E-state index in [1.165, 1.54) is 89.8 Å². The molecule has 11 nitrogen and oxygen atoms in total. The quantitative estimate of drug-likeness (QED) is 0.0538. The molecule has 48 heavy (non-hydrogen) atoms. The highest BCUT2D eigenvalue weighted by molar-refractivity contribution is 7.53. The summed E-state index contributed by atoms with van der Waals surface area (Å²) in [6.45, 7) is 4.73. The summed E-state index contributed by atoms with van der Waals surface area (Å²) in [6, 6.07) is 9.47. The SMILES string of the molecule is CCCCCCCCCCCCCCCCC(C)OCCO[P@@](=O)(CO[C@@H](CO)Cn1cnc2c(N)ncnc21)OCc1ccccc1. The van der Waals surface area contributed by atoms with Crippen LogP contribution >= 0.6 is 7.60 Å². The lowest BCUT2D eigenvalue weighted by Crippen LogP contribution is -2.25. The Balaban J connectivity index is 1.33. The van der Waals surface area contributed by atoms with E-state index in [0.717, 1.165) is 18.4 Å². The summed E-state index contributed by atoms with van der Waals surface area (Å²) in [6.07, 6.45) is 21.7. The van der Waals surface area contributed by atoms with Gasteiger partial charge in [0.15, 0.2) is 11.5 Å². The van der Waals surface area contributed by atoms with Crippen molar-refractivity contribution in [3.05, 3.63) is 48.5 Å². The predicted molar refractivity (Wildman–Crippen MR) is 192 cm³/mol. The number of aliphatic hydroxyl groups excluding tert-OH is 1. The predicted octanol–water partition coefficient (Wildman–Crippen LogP) is 8.45. The smallest absolute Gasteiger partial charge is 0.356 e. The van der Waals surface area contributed by atoms with Crippen LogP contribution in [0, 0.1) is 0 Å². The van der Waals surface area contributed by atoms with Crippen LogP contribution in [0.25, 0.3) is 11.2 Å². The molecular weight excluding hydrogens is 629 g/mol. The first-order valence-corrected chi connectivity index (χ1v) is 19.8. The highest BCUT2D eigenvalue weighted by atomic mass is 31.2. The third-order valence-corrected chi connectivity index (χ3v) is 10.1. The molecule has 3 atom stereocenters. The number of unbranched alkanes of at least 4 members (excludes halogenated alkanes) is 13. The highest BCUT2D eigenvalue weighted by Gasteiger charge is 2.28. The molecule has 1 unspecified atom stereocenters. The normalized spacial score (nSPS) is 14.3. The first kappa shape index (κ1) is 40.0. The van der Waals surface area contributed by atoms with Gasteiger partial charge >= 0.3 is 7.60 Å². The van der Waals surface area contributed by atoms with Gasteiger partial charge in [-0.15, -0.1) is 0 Å². The second-order valence-corrected chi connectivity index (χ2v) is 14.7. The molecule has 2 heterocycles. The number of ether oxygens (including phenoxy) is 2. The molecule has 3 aromatic rings. The number of nitrogen functional groups attached to an aromatic ring is 1. The van der Waals surface area contributed by atoms with Crippen molar-refractivity contribution in [2.75, 3.05) is 31.9 Å². The third kappa shape index (κ3) is 15.9. The topological polar surface area (TPSA) is 144 Å². The molecule has 12 heteroatoms. The van der Waals surface area contributed by atoms with Crippen molar-refractivity contribution in [2.24, 2.45) is 0 Å². The minimum absolute atomic E-state index is 0.0911. The molecule has 0 amide bonds.